The Kier molecular flexibility index (Phi) is 4.03. The molecule has 2 aromatic rings. The van der Waals surface area contributed by atoms with Gasteiger partial charge in [0.15, 0.2) is 17.0 Å². The van der Waals surface area contributed by atoms with E-state index >= 15 is 0 Å². The summed E-state index contributed by atoms with van der Waals surface area (Å²) in [6.07, 6.45) is 6.09. The second-order valence-corrected chi connectivity index (χ2v) is 6.57. The minimum Gasteiger partial charge on any atom is -0.351 e. The largest absolute Gasteiger partial charge is 0.351 e. The molecule has 1 saturated heterocycles. The van der Waals surface area contributed by atoms with Crippen LogP contribution in [0, 0.1) is 5.92 Å². The van der Waals surface area contributed by atoms with Crippen molar-refractivity contribution in [3.8, 4) is 0 Å². The van der Waals surface area contributed by atoms with Gasteiger partial charge in [-0.25, -0.2) is 14.6 Å². The van der Waals surface area contributed by atoms with Gasteiger partial charge in [-0.05, 0) is 19.8 Å². The average molecular weight is 329 g/mol. The summed E-state index contributed by atoms with van der Waals surface area (Å²) in [6.45, 7) is 5.82. The number of amides is 1. The van der Waals surface area contributed by atoms with Gasteiger partial charge in [0.25, 0.3) is 0 Å². The summed E-state index contributed by atoms with van der Waals surface area (Å²) in [5.74, 6) is 1.43. The van der Waals surface area contributed by atoms with Crippen LogP contribution in [0.4, 0.5) is 5.82 Å². The van der Waals surface area contributed by atoms with E-state index in [1.165, 1.54) is 12.8 Å². The van der Waals surface area contributed by atoms with E-state index in [2.05, 4.69) is 25.2 Å². The number of hydrogen-bond donors (Lipinski definition) is 0. The Bertz CT molecular complexity index is 729. The molecular weight excluding hydrogens is 306 g/mol. The van der Waals surface area contributed by atoms with Gasteiger partial charge in [-0.1, -0.05) is 18.1 Å². The number of fused-ring (bicyclic) bond motifs is 1. The van der Waals surface area contributed by atoms with Crippen LogP contribution in [0.25, 0.3) is 11.2 Å². The number of anilines is 1. The second kappa shape index (κ2) is 6.33. The predicted molar refractivity (Wildman–Crippen MR) is 89.5 cm³/mol. The quantitative estimate of drug-likeness (QED) is 0.838. The molecule has 128 valence electrons. The molecule has 0 spiro atoms. The van der Waals surface area contributed by atoms with E-state index in [9.17, 15) is 4.79 Å². The summed E-state index contributed by atoms with van der Waals surface area (Å²) >= 11 is 0. The van der Waals surface area contributed by atoms with Crippen molar-refractivity contribution in [2.75, 3.05) is 31.1 Å². The third-order valence-corrected chi connectivity index (χ3v) is 5.18. The van der Waals surface area contributed by atoms with Crippen LogP contribution in [0.2, 0.25) is 0 Å². The predicted octanol–water partition coefficient (Wildman–Crippen LogP) is 1.08. The molecule has 0 unspecified atom stereocenters. The molecule has 2 aliphatic rings. The molecule has 1 aliphatic carbocycles. The Morgan fingerprint density at radius 2 is 1.92 bits per heavy atom. The van der Waals surface area contributed by atoms with Crippen LogP contribution in [0.15, 0.2) is 6.33 Å². The number of aromatic nitrogens is 5. The van der Waals surface area contributed by atoms with Crippen LogP contribution in [-0.4, -0.2) is 61.9 Å². The van der Waals surface area contributed by atoms with Gasteiger partial charge in [0, 0.05) is 38.6 Å². The van der Waals surface area contributed by atoms with Crippen LogP contribution < -0.4 is 4.90 Å². The van der Waals surface area contributed by atoms with Gasteiger partial charge in [0.05, 0.1) is 0 Å². The van der Waals surface area contributed by atoms with E-state index in [0.29, 0.717) is 5.91 Å². The first-order valence-corrected chi connectivity index (χ1v) is 8.86. The highest BCUT2D eigenvalue weighted by molar-refractivity contribution is 5.83. The highest BCUT2D eigenvalue weighted by Crippen LogP contribution is 2.28. The molecule has 8 nitrogen and oxygen atoms in total. The van der Waals surface area contributed by atoms with Gasteiger partial charge in [0.2, 0.25) is 5.91 Å². The van der Waals surface area contributed by atoms with E-state index in [-0.39, 0.29) is 5.92 Å². The zero-order valence-electron chi connectivity index (χ0n) is 14.1. The molecule has 1 amide bonds. The van der Waals surface area contributed by atoms with Crippen molar-refractivity contribution in [3.05, 3.63) is 6.33 Å². The summed E-state index contributed by atoms with van der Waals surface area (Å²) < 4.78 is 1.78. The maximum Gasteiger partial charge on any atom is 0.225 e. The molecule has 0 bridgehead atoms. The van der Waals surface area contributed by atoms with Crippen LogP contribution in [0.3, 0.4) is 0 Å². The lowest BCUT2D eigenvalue weighted by molar-refractivity contribution is -0.135. The van der Waals surface area contributed by atoms with Gasteiger partial charge in [-0.15, -0.1) is 5.10 Å². The van der Waals surface area contributed by atoms with E-state index in [1.807, 2.05) is 11.8 Å². The van der Waals surface area contributed by atoms with Crippen LogP contribution in [-0.2, 0) is 11.3 Å². The molecule has 3 heterocycles. The molecule has 4 rings (SSSR count). The molecule has 2 fully saturated rings. The molecular formula is C16H23N7O. The van der Waals surface area contributed by atoms with Crippen LogP contribution >= 0.6 is 0 Å². The second-order valence-electron chi connectivity index (χ2n) is 6.57. The van der Waals surface area contributed by atoms with Crippen molar-refractivity contribution in [2.45, 2.75) is 39.2 Å². The van der Waals surface area contributed by atoms with Gasteiger partial charge < -0.3 is 9.80 Å². The number of hydrogen-bond acceptors (Lipinski definition) is 6. The number of rotatable bonds is 3. The molecule has 1 saturated carbocycles. The Morgan fingerprint density at radius 3 is 2.62 bits per heavy atom. The summed E-state index contributed by atoms with van der Waals surface area (Å²) in [5, 5.41) is 8.39. The molecule has 0 atom stereocenters. The third-order valence-electron chi connectivity index (χ3n) is 5.18. The van der Waals surface area contributed by atoms with Crippen molar-refractivity contribution in [1.82, 2.24) is 29.9 Å². The fourth-order valence-corrected chi connectivity index (χ4v) is 3.79. The first-order chi connectivity index (χ1) is 11.8. The monoisotopic (exact) mass is 329 g/mol. The van der Waals surface area contributed by atoms with Gasteiger partial charge in [-0.2, -0.15) is 0 Å². The van der Waals surface area contributed by atoms with Crippen molar-refractivity contribution in [2.24, 2.45) is 5.92 Å². The third kappa shape index (κ3) is 2.59. The van der Waals surface area contributed by atoms with Gasteiger partial charge in [0.1, 0.15) is 6.33 Å². The number of piperazine rings is 1. The van der Waals surface area contributed by atoms with E-state index in [1.54, 1.807) is 11.0 Å². The Labute approximate surface area is 140 Å². The lowest BCUT2D eigenvalue weighted by Crippen LogP contribution is -2.50. The van der Waals surface area contributed by atoms with Crippen LogP contribution in [0.1, 0.15) is 32.6 Å². The zero-order valence-corrected chi connectivity index (χ0v) is 14.1. The minimum atomic E-state index is 0.256. The fraction of sp³-hybridized carbons (Fsp3) is 0.688. The molecule has 0 aromatic carbocycles. The summed E-state index contributed by atoms with van der Waals surface area (Å²) in [4.78, 5) is 25.5. The highest BCUT2D eigenvalue weighted by Gasteiger charge is 2.30. The standard InChI is InChI=1S/C16H23N7O/c1-2-23-15-13(19-20-23)14(17-11-18-15)21-7-9-22(10-8-21)16(24)12-5-3-4-6-12/h11-12H,2-10H2,1H3. The van der Waals surface area contributed by atoms with Gasteiger partial charge in [-0.3, -0.25) is 4.79 Å². The average Bonchev–Trinajstić information content (AvgIpc) is 3.30. The summed E-state index contributed by atoms with van der Waals surface area (Å²) in [7, 11) is 0. The number of carbonyl (C=O) groups excluding carboxylic acids is 1. The highest BCUT2D eigenvalue weighted by atomic mass is 16.2. The molecule has 0 N–H and O–H groups in total. The molecule has 0 radical (unpaired) electrons. The molecule has 1 aliphatic heterocycles. The van der Waals surface area contributed by atoms with E-state index in [4.69, 9.17) is 0 Å². The number of carbonyl (C=O) groups is 1. The first-order valence-electron chi connectivity index (χ1n) is 8.86. The lowest BCUT2D eigenvalue weighted by Gasteiger charge is -2.36. The minimum absolute atomic E-state index is 0.256. The summed E-state index contributed by atoms with van der Waals surface area (Å²) in [5.41, 5.74) is 1.52. The van der Waals surface area contributed by atoms with Crippen molar-refractivity contribution < 1.29 is 4.79 Å². The maximum atomic E-state index is 12.6. The summed E-state index contributed by atoms with van der Waals surface area (Å²) in [6, 6.07) is 0. The number of aryl methyl sites for hydroxylation is 1. The molecule has 2 aromatic heterocycles. The maximum absolute atomic E-state index is 12.6. The topological polar surface area (TPSA) is 80.0 Å². The van der Waals surface area contributed by atoms with E-state index in [0.717, 1.165) is 62.5 Å². The van der Waals surface area contributed by atoms with Gasteiger partial charge >= 0.3 is 0 Å². The lowest BCUT2D eigenvalue weighted by atomic mass is 10.1. The number of nitrogens with zero attached hydrogens (tertiary/aromatic N) is 7. The van der Waals surface area contributed by atoms with Crippen molar-refractivity contribution in [3.63, 3.8) is 0 Å². The van der Waals surface area contributed by atoms with E-state index < -0.39 is 0 Å². The van der Waals surface area contributed by atoms with Crippen LogP contribution in [0.5, 0.6) is 0 Å². The smallest absolute Gasteiger partial charge is 0.225 e. The fourth-order valence-electron chi connectivity index (χ4n) is 3.79. The van der Waals surface area contributed by atoms with Crippen molar-refractivity contribution >= 4 is 22.9 Å². The molecule has 24 heavy (non-hydrogen) atoms. The zero-order chi connectivity index (χ0) is 16.5. The normalized spacial score (nSPS) is 19.4. The Hall–Kier alpha value is -2.25. The van der Waals surface area contributed by atoms with Crippen molar-refractivity contribution in [1.29, 1.82) is 0 Å². The Balaban J connectivity index is 1.48. The SMILES string of the molecule is CCn1nnc2c(N3CCN(C(=O)C4CCCC4)CC3)ncnc21. The first kappa shape index (κ1) is 15.3. The Morgan fingerprint density at radius 1 is 1.17 bits per heavy atom. The molecule has 8 heteroatoms.